The third-order valence-electron chi connectivity index (χ3n) is 2.29. The first-order chi connectivity index (χ1) is 6.40. The zero-order valence-electron chi connectivity index (χ0n) is 7.66. The highest BCUT2D eigenvalue weighted by atomic mass is 15.4. The van der Waals surface area contributed by atoms with E-state index in [1.807, 2.05) is 0 Å². The van der Waals surface area contributed by atoms with Crippen LogP contribution in [-0.2, 0) is 6.42 Å². The van der Waals surface area contributed by atoms with Crippen molar-refractivity contribution in [2.45, 2.75) is 19.3 Å². The van der Waals surface area contributed by atoms with Crippen molar-refractivity contribution in [2.75, 3.05) is 24.5 Å². The summed E-state index contributed by atoms with van der Waals surface area (Å²) in [5.41, 5.74) is 5.42. The maximum atomic E-state index is 5.42. The number of hydrogen-bond donors (Lipinski definition) is 2. The van der Waals surface area contributed by atoms with Crippen LogP contribution in [-0.4, -0.2) is 34.8 Å². The lowest BCUT2D eigenvalue weighted by molar-refractivity contribution is 0.874. The quantitative estimate of drug-likeness (QED) is 0.683. The van der Waals surface area contributed by atoms with E-state index in [0.29, 0.717) is 6.54 Å². The van der Waals surface area contributed by atoms with Crippen molar-refractivity contribution in [2.24, 2.45) is 5.73 Å². The normalized spacial score (nSPS) is 16.8. The van der Waals surface area contributed by atoms with Crippen molar-refractivity contribution in [1.82, 2.24) is 15.2 Å². The van der Waals surface area contributed by atoms with Crippen molar-refractivity contribution in [3.8, 4) is 0 Å². The van der Waals surface area contributed by atoms with Gasteiger partial charge in [0.1, 0.15) is 5.82 Å². The van der Waals surface area contributed by atoms with Crippen molar-refractivity contribution < 1.29 is 0 Å². The first-order valence-electron chi connectivity index (χ1n) is 4.76. The third kappa shape index (κ3) is 1.80. The molecule has 0 spiro atoms. The van der Waals surface area contributed by atoms with Crippen LogP contribution < -0.4 is 10.6 Å². The summed E-state index contributed by atoms with van der Waals surface area (Å²) in [5, 5.41) is 7.05. The maximum Gasteiger partial charge on any atom is 0.244 e. The lowest BCUT2D eigenvalue weighted by Crippen LogP contribution is -2.19. The van der Waals surface area contributed by atoms with Crippen molar-refractivity contribution in [3.05, 3.63) is 5.82 Å². The Morgan fingerprint density at radius 2 is 2.15 bits per heavy atom. The van der Waals surface area contributed by atoms with E-state index in [2.05, 4.69) is 20.1 Å². The van der Waals surface area contributed by atoms with Gasteiger partial charge < -0.3 is 10.6 Å². The number of hydrogen-bond acceptors (Lipinski definition) is 4. The predicted octanol–water partition coefficient (Wildman–Crippen LogP) is -0.0939. The first kappa shape index (κ1) is 8.50. The minimum atomic E-state index is 0.620. The van der Waals surface area contributed by atoms with Gasteiger partial charge in [0.05, 0.1) is 0 Å². The van der Waals surface area contributed by atoms with E-state index in [9.17, 15) is 0 Å². The van der Waals surface area contributed by atoms with E-state index in [0.717, 1.165) is 31.3 Å². The highest BCUT2D eigenvalue weighted by molar-refractivity contribution is 5.29. The summed E-state index contributed by atoms with van der Waals surface area (Å²) < 4.78 is 0. The van der Waals surface area contributed by atoms with Crippen molar-refractivity contribution in [3.63, 3.8) is 0 Å². The molecule has 1 fully saturated rings. The van der Waals surface area contributed by atoms with E-state index in [-0.39, 0.29) is 0 Å². The molecule has 0 amide bonds. The number of H-pyrrole nitrogens is 1. The molecule has 1 aliphatic rings. The van der Waals surface area contributed by atoms with Crippen LogP contribution in [0.2, 0.25) is 0 Å². The molecule has 0 saturated carbocycles. The Morgan fingerprint density at radius 3 is 2.85 bits per heavy atom. The molecule has 0 unspecified atom stereocenters. The minimum absolute atomic E-state index is 0.620. The van der Waals surface area contributed by atoms with Gasteiger partial charge in [0, 0.05) is 19.5 Å². The summed E-state index contributed by atoms with van der Waals surface area (Å²) in [6, 6.07) is 0. The third-order valence-corrected chi connectivity index (χ3v) is 2.29. The van der Waals surface area contributed by atoms with Gasteiger partial charge in [-0.2, -0.15) is 4.98 Å². The Bertz CT molecular complexity index is 263. The molecule has 2 heterocycles. The van der Waals surface area contributed by atoms with Crippen LogP contribution in [0.15, 0.2) is 0 Å². The molecule has 72 valence electrons. The Labute approximate surface area is 77.3 Å². The molecular weight excluding hydrogens is 166 g/mol. The number of nitrogens with two attached hydrogens (primary N) is 1. The zero-order valence-corrected chi connectivity index (χ0v) is 7.66. The summed E-state index contributed by atoms with van der Waals surface area (Å²) >= 11 is 0. The molecule has 1 saturated heterocycles. The number of aromatic nitrogens is 3. The topological polar surface area (TPSA) is 70.8 Å². The number of nitrogens with zero attached hydrogens (tertiary/aromatic N) is 3. The Morgan fingerprint density at radius 1 is 1.38 bits per heavy atom. The fourth-order valence-electron chi connectivity index (χ4n) is 1.59. The summed E-state index contributed by atoms with van der Waals surface area (Å²) in [6.07, 6.45) is 3.28. The molecule has 0 atom stereocenters. The number of nitrogens with one attached hydrogen (secondary N) is 1. The van der Waals surface area contributed by atoms with Crippen molar-refractivity contribution in [1.29, 1.82) is 0 Å². The van der Waals surface area contributed by atoms with E-state index in [4.69, 9.17) is 5.73 Å². The lowest BCUT2D eigenvalue weighted by Gasteiger charge is -2.10. The zero-order chi connectivity index (χ0) is 9.10. The van der Waals surface area contributed by atoms with Crippen LogP contribution in [0.4, 0.5) is 5.95 Å². The molecule has 5 nitrogen and oxygen atoms in total. The van der Waals surface area contributed by atoms with Crippen molar-refractivity contribution >= 4 is 5.95 Å². The number of anilines is 1. The average molecular weight is 181 g/mol. The van der Waals surface area contributed by atoms with Gasteiger partial charge in [-0.15, -0.1) is 5.10 Å². The standard InChI is InChI=1S/C8H15N5/c9-4-3-7-10-8(12-11-7)13-5-1-2-6-13/h1-6,9H2,(H,10,11,12). The molecule has 1 aliphatic heterocycles. The molecule has 13 heavy (non-hydrogen) atoms. The van der Waals surface area contributed by atoms with E-state index >= 15 is 0 Å². The molecule has 1 aromatic rings. The molecule has 2 rings (SSSR count). The van der Waals surface area contributed by atoms with Gasteiger partial charge in [0.15, 0.2) is 0 Å². The second-order valence-electron chi connectivity index (χ2n) is 3.31. The summed E-state index contributed by atoms with van der Waals surface area (Å²) in [6.45, 7) is 2.79. The molecular formula is C8H15N5. The number of rotatable bonds is 3. The van der Waals surface area contributed by atoms with Crippen LogP contribution >= 0.6 is 0 Å². The largest absolute Gasteiger partial charge is 0.340 e. The summed E-state index contributed by atoms with van der Waals surface area (Å²) in [7, 11) is 0. The van der Waals surface area contributed by atoms with Gasteiger partial charge in [-0.25, -0.2) is 0 Å². The molecule has 1 aromatic heterocycles. The lowest BCUT2D eigenvalue weighted by atomic mass is 10.4. The Hall–Kier alpha value is -1.10. The van der Waals surface area contributed by atoms with Gasteiger partial charge in [-0.3, -0.25) is 5.10 Å². The molecule has 0 aliphatic carbocycles. The monoisotopic (exact) mass is 181 g/mol. The Kier molecular flexibility index (Phi) is 2.44. The first-order valence-corrected chi connectivity index (χ1v) is 4.76. The van der Waals surface area contributed by atoms with Gasteiger partial charge in [-0.05, 0) is 19.4 Å². The molecule has 5 heteroatoms. The number of aromatic amines is 1. The molecule has 0 aromatic carbocycles. The smallest absolute Gasteiger partial charge is 0.244 e. The Balaban J connectivity index is 2.03. The van der Waals surface area contributed by atoms with Gasteiger partial charge in [0.2, 0.25) is 5.95 Å². The fourth-order valence-corrected chi connectivity index (χ4v) is 1.59. The van der Waals surface area contributed by atoms with Crippen LogP contribution in [0, 0.1) is 0 Å². The van der Waals surface area contributed by atoms with Gasteiger partial charge in [0.25, 0.3) is 0 Å². The highest BCUT2D eigenvalue weighted by Gasteiger charge is 2.15. The summed E-state index contributed by atoms with van der Waals surface area (Å²) in [5.74, 6) is 1.73. The highest BCUT2D eigenvalue weighted by Crippen LogP contribution is 2.14. The molecule has 0 bridgehead atoms. The van der Waals surface area contributed by atoms with Crippen LogP contribution in [0.25, 0.3) is 0 Å². The van der Waals surface area contributed by atoms with Gasteiger partial charge >= 0.3 is 0 Å². The van der Waals surface area contributed by atoms with E-state index < -0.39 is 0 Å². The SMILES string of the molecule is NCCc1nc(N2CCCC2)n[nH]1. The molecule has 0 radical (unpaired) electrons. The van der Waals surface area contributed by atoms with E-state index in [1.54, 1.807) is 0 Å². The second kappa shape index (κ2) is 3.74. The average Bonchev–Trinajstić information content (AvgIpc) is 2.70. The fraction of sp³-hybridized carbons (Fsp3) is 0.750. The van der Waals surface area contributed by atoms with Crippen LogP contribution in [0.3, 0.4) is 0 Å². The maximum absolute atomic E-state index is 5.42. The minimum Gasteiger partial charge on any atom is -0.340 e. The van der Waals surface area contributed by atoms with Crippen LogP contribution in [0.1, 0.15) is 18.7 Å². The van der Waals surface area contributed by atoms with Crippen LogP contribution in [0.5, 0.6) is 0 Å². The second-order valence-corrected chi connectivity index (χ2v) is 3.31. The van der Waals surface area contributed by atoms with E-state index in [1.165, 1.54) is 12.8 Å². The molecule has 3 N–H and O–H groups in total. The predicted molar refractivity (Wildman–Crippen MR) is 50.6 cm³/mol. The summed E-state index contributed by atoms with van der Waals surface area (Å²) in [4.78, 5) is 6.57. The van der Waals surface area contributed by atoms with Gasteiger partial charge in [-0.1, -0.05) is 0 Å².